The van der Waals surface area contributed by atoms with E-state index < -0.39 is 0 Å². The molecule has 3 fully saturated rings. The third kappa shape index (κ3) is 2.65. The van der Waals surface area contributed by atoms with Crippen LogP contribution in [0.15, 0.2) is 0 Å². The van der Waals surface area contributed by atoms with Gasteiger partial charge in [0.05, 0.1) is 5.41 Å². The van der Waals surface area contributed by atoms with Crippen LogP contribution in [0.2, 0.25) is 0 Å². The minimum absolute atomic E-state index is 0.0869. The molecule has 2 atom stereocenters. The molecular weight excluding hydrogens is 238 g/mol. The number of amides is 1. The highest BCUT2D eigenvalue weighted by molar-refractivity contribution is 5.83. The number of carbonyl (C=O) groups is 1. The first kappa shape index (κ1) is 13.4. The van der Waals surface area contributed by atoms with Crippen LogP contribution < -0.4 is 10.6 Å². The minimum atomic E-state index is -0.0869. The lowest BCUT2D eigenvalue weighted by atomic mass is 9.67. The second kappa shape index (κ2) is 5.41. The van der Waals surface area contributed by atoms with Crippen LogP contribution in [0.4, 0.5) is 0 Å². The summed E-state index contributed by atoms with van der Waals surface area (Å²) < 4.78 is 0. The standard InChI is InChI=1S/C15H27N3O/c1-18(13-5-6-13)9-8-17-14(19)15-7-3-2-4-12(15)10-16-11-15/h12-13,16H,2-11H2,1H3,(H,17,19)/t12-,15+/m0/s1. The number of hydrogen-bond donors (Lipinski definition) is 2. The van der Waals surface area contributed by atoms with E-state index in [4.69, 9.17) is 0 Å². The first-order valence-corrected chi connectivity index (χ1v) is 7.92. The molecule has 1 saturated heterocycles. The van der Waals surface area contributed by atoms with Gasteiger partial charge in [-0.1, -0.05) is 12.8 Å². The van der Waals surface area contributed by atoms with E-state index in [1.165, 1.54) is 32.1 Å². The van der Waals surface area contributed by atoms with E-state index >= 15 is 0 Å². The molecule has 0 bridgehead atoms. The number of carbonyl (C=O) groups excluding carboxylic acids is 1. The quantitative estimate of drug-likeness (QED) is 0.779. The van der Waals surface area contributed by atoms with Gasteiger partial charge in [-0.05, 0) is 45.2 Å². The summed E-state index contributed by atoms with van der Waals surface area (Å²) in [6.07, 6.45) is 7.48. The number of fused-ring (bicyclic) bond motifs is 1. The molecular formula is C15H27N3O. The minimum Gasteiger partial charge on any atom is -0.354 e. The van der Waals surface area contributed by atoms with Gasteiger partial charge < -0.3 is 15.5 Å². The van der Waals surface area contributed by atoms with Gasteiger partial charge in [-0.25, -0.2) is 0 Å². The molecule has 0 aromatic rings. The number of nitrogens with zero attached hydrogens (tertiary/aromatic N) is 1. The first-order valence-electron chi connectivity index (χ1n) is 7.92. The van der Waals surface area contributed by atoms with Crippen molar-refractivity contribution in [3.05, 3.63) is 0 Å². The predicted octanol–water partition coefficient (Wildman–Crippen LogP) is 0.977. The Kier molecular flexibility index (Phi) is 3.81. The number of rotatable bonds is 5. The molecule has 2 N–H and O–H groups in total. The number of likely N-dealkylation sites (N-methyl/N-ethyl adjacent to an activating group) is 1. The SMILES string of the molecule is CN(CCNC(=O)[C@@]12CCCC[C@H]1CNC2)C1CC1. The zero-order valence-electron chi connectivity index (χ0n) is 12.1. The highest BCUT2D eigenvalue weighted by Crippen LogP contribution is 2.43. The third-order valence-electron chi connectivity index (χ3n) is 5.41. The Morgan fingerprint density at radius 3 is 3.00 bits per heavy atom. The molecule has 2 aliphatic carbocycles. The molecule has 4 heteroatoms. The average molecular weight is 265 g/mol. The fraction of sp³-hybridized carbons (Fsp3) is 0.933. The molecule has 3 rings (SSSR count). The number of hydrogen-bond acceptors (Lipinski definition) is 3. The largest absolute Gasteiger partial charge is 0.354 e. The van der Waals surface area contributed by atoms with Gasteiger partial charge in [-0.3, -0.25) is 4.79 Å². The van der Waals surface area contributed by atoms with Crippen molar-refractivity contribution in [2.75, 3.05) is 33.2 Å². The van der Waals surface area contributed by atoms with E-state index in [-0.39, 0.29) is 5.41 Å². The molecule has 0 aromatic heterocycles. The summed E-state index contributed by atoms with van der Waals surface area (Å²) in [5, 5.41) is 6.65. The van der Waals surface area contributed by atoms with Gasteiger partial charge >= 0.3 is 0 Å². The molecule has 1 amide bonds. The van der Waals surface area contributed by atoms with Crippen LogP contribution in [0.1, 0.15) is 38.5 Å². The van der Waals surface area contributed by atoms with Crippen molar-refractivity contribution in [3.8, 4) is 0 Å². The molecule has 108 valence electrons. The van der Waals surface area contributed by atoms with Crippen LogP contribution in [-0.4, -0.2) is 50.1 Å². The fourth-order valence-corrected chi connectivity index (χ4v) is 3.91. The molecule has 3 aliphatic rings. The van der Waals surface area contributed by atoms with E-state index in [9.17, 15) is 4.79 Å². The summed E-state index contributed by atoms with van der Waals surface area (Å²) in [5.41, 5.74) is -0.0869. The van der Waals surface area contributed by atoms with Crippen molar-refractivity contribution < 1.29 is 4.79 Å². The van der Waals surface area contributed by atoms with Crippen LogP contribution in [0.25, 0.3) is 0 Å². The van der Waals surface area contributed by atoms with Crippen LogP contribution in [0.5, 0.6) is 0 Å². The van der Waals surface area contributed by atoms with Gasteiger partial charge in [0.1, 0.15) is 0 Å². The van der Waals surface area contributed by atoms with E-state index in [2.05, 4.69) is 22.6 Å². The van der Waals surface area contributed by atoms with Crippen molar-refractivity contribution in [1.29, 1.82) is 0 Å². The Morgan fingerprint density at radius 1 is 1.37 bits per heavy atom. The van der Waals surface area contributed by atoms with Gasteiger partial charge in [0.2, 0.25) is 5.91 Å². The Morgan fingerprint density at radius 2 is 2.21 bits per heavy atom. The fourth-order valence-electron chi connectivity index (χ4n) is 3.91. The summed E-state index contributed by atoms with van der Waals surface area (Å²) in [6.45, 7) is 3.72. The Balaban J connectivity index is 1.50. The van der Waals surface area contributed by atoms with Gasteiger partial charge in [0, 0.05) is 25.7 Å². The maximum absolute atomic E-state index is 12.6. The maximum Gasteiger partial charge on any atom is 0.227 e. The summed E-state index contributed by atoms with van der Waals surface area (Å²) in [5.74, 6) is 0.883. The highest BCUT2D eigenvalue weighted by atomic mass is 16.2. The van der Waals surface area contributed by atoms with Crippen molar-refractivity contribution in [2.45, 2.75) is 44.6 Å². The molecule has 0 spiro atoms. The second-order valence-electron chi connectivity index (χ2n) is 6.70. The highest BCUT2D eigenvalue weighted by Gasteiger charge is 2.49. The Hall–Kier alpha value is -0.610. The molecule has 1 heterocycles. The molecule has 1 aliphatic heterocycles. The Labute approximate surface area is 116 Å². The zero-order valence-corrected chi connectivity index (χ0v) is 12.1. The maximum atomic E-state index is 12.6. The van der Waals surface area contributed by atoms with Crippen molar-refractivity contribution >= 4 is 5.91 Å². The second-order valence-corrected chi connectivity index (χ2v) is 6.70. The summed E-state index contributed by atoms with van der Waals surface area (Å²) >= 11 is 0. The van der Waals surface area contributed by atoms with Crippen molar-refractivity contribution in [2.24, 2.45) is 11.3 Å². The molecule has 0 radical (unpaired) electrons. The van der Waals surface area contributed by atoms with E-state index in [1.807, 2.05) is 0 Å². The lowest BCUT2D eigenvalue weighted by Gasteiger charge is -2.37. The van der Waals surface area contributed by atoms with Gasteiger partial charge in [0.15, 0.2) is 0 Å². The van der Waals surface area contributed by atoms with Gasteiger partial charge in [-0.2, -0.15) is 0 Å². The number of nitrogens with one attached hydrogen (secondary N) is 2. The molecule has 4 nitrogen and oxygen atoms in total. The van der Waals surface area contributed by atoms with Gasteiger partial charge in [-0.15, -0.1) is 0 Å². The molecule has 19 heavy (non-hydrogen) atoms. The molecule has 2 saturated carbocycles. The molecule has 0 unspecified atom stereocenters. The average Bonchev–Trinajstić information content (AvgIpc) is 3.17. The molecule has 0 aromatic carbocycles. The van der Waals surface area contributed by atoms with E-state index in [1.54, 1.807) is 0 Å². The smallest absolute Gasteiger partial charge is 0.227 e. The zero-order chi connectivity index (χ0) is 13.3. The summed E-state index contributed by atoms with van der Waals surface area (Å²) in [4.78, 5) is 15.0. The topological polar surface area (TPSA) is 44.4 Å². The Bertz CT molecular complexity index is 342. The van der Waals surface area contributed by atoms with E-state index in [0.717, 1.165) is 38.6 Å². The van der Waals surface area contributed by atoms with Gasteiger partial charge in [0.25, 0.3) is 0 Å². The third-order valence-corrected chi connectivity index (χ3v) is 5.41. The monoisotopic (exact) mass is 265 g/mol. The van der Waals surface area contributed by atoms with Crippen molar-refractivity contribution in [3.63, 3.8) is 0 Å². The normalized spacial score (nSPS) is 34.3. The first-order chi connectivity index (χ1) is 9.22. The summed E-state index contributed by atoms with van der Waals surface area (Å²) in [7, 11) is 2.17. The summed E-state index contributed by atoms with van der Waals surface area (Å²) in [6, 6.07) is 0.783. The van der Waals surface area contributed by atoms with Crippen molar-refractivity contribution in [1.82, 2.24) is 15.5 Å². The van der Waals surface area contributed by atoms with Crippen LogP contribution in [0, 0.1) is 11.3 Å². The lowest BCUT2D eigenvalue weighted by molar-refractivity contribution is -0.134. The van der Waals surface area contributed by atoms with Crippen LogP contribution in [-0.2, 0) is 4.79 Å². The van der Waals surface area contributed by atoms with E-state index in [0.29, 0.717) is 11.8 Å². The van der Waals surface area contributed by atoms with Crippen LogP contribution in [0.3, 0.4) is 0 Å². The lowest BCUT2D eigenvalue weighted by Crippen LogP contribution is -2.49. The van der Waals surface area contributed by atoms with Crippen LogP contribution >= 0.6 is 0 Å². The predicted molar refractivity (Wildman–Crippen MR) is 75.9 cm³/mol.